The topological polar surface area (TPSA) is 240 Å². The minimum atomic E-state index is -3.98. The molecule has 1 saturated carbocycles. The molecule has 3 aromatic heterocycles. The third kappa shape index (κ3) is 8.91. The smallest absolute Gasteiger partial charge is 0.284 e. The summed E-state index contributed by atoms with van der Waals surface area (Å²) >= 11 is 0. The summed E-state index contributed by atoms with van der Waals surface area (Å²) in [7, 11) is -1.43. The summed E-state index contributed by atoms with van der Waals surface area (Å²) < 4.78 is 69.8. The Kier molecular flexibility index (Phi) is 13.0. The van der Waals surface area contributed by atoms with Crippen LogP contribution >= 0.6 is 0 Å². The average Bonchev–Trinajstić information content (AvgIpc) is 4.19. The number of halogens is 2. The zero-order valence-electron chi connectivity index (χ0n) is 37.4. The van der Waals surface area contributed by atoms with Gasteiger partial charge >= 0.3 is 0 Å². The number of aromatic nitrogens is 5. The molecule has 1 aromatic carbocycles. The van der Waals surface area contributed by atoms with Gasteiger partial charge in [0.2, 0.25) is 21.8 Å². The Bertz CT molecular complexity index is 2780. The van der Waals surface area contributed by atoms with Crippen LogP contribution in [0.25, 0.3) is 5.65 Å². The fourth-order valence-electron chi connectivity index (χ4n) is 9.73. The van der Waals surface area contributed by atoms with Crippen LogP contribution < -0.4 is 15.5 Å². The summed E-state index contributed by atoms with van der Waals surface area (Å²) in [4.78, 5) is 87.0. The molecule has 7 heterocycles. The minimum Gasteiger partial charge on any atom is -0.384 e. The number of amides is 6. The number of likely N-dealkylation sites (N-methyl/N-ethyl adjacent to an activating group) is 1. The number of benzene rings is 1. The van der Waals surface area contributed by atoms with Gasteiger partial charge in [-0.05, 0) is 69.6 Å². The van der Waals surface area contributed by atoms with E-state index in [2.05, 4.69) is 30.7 Å². The summed E-state index contributed by atoms with van der Waals surface area (Å²) in [6.07, 6.45) is 4.39. The van der Waals surface area contributed by atoms with Gasteiger partial charge < -0.3 is 25.0 Å². The van der Waals surface area contributed by atoms with E-state index in [4.69, 9.17) is 9.47 Å². The number of imide groups is 2. The maximum Gasteiger partial charge on any atom is 0.284 e. The van der Waals surface area contributed by atoms with Gasteiger partial charge in [0.15, 0.2) is 11.3 Å². The molecule has 21 nitrogen and oxygen atoms in total. The first-order chi connectivity index (χ1) is 32.6. The highest BCUT2D eigenvalue weighted by atomic mass is 32.2. The van der Waals surface area contributed by atoms with Gasteiger partial charge in [0.1, 0.15) is 17.4 Å². The second-order valence-electron chi connectivity index (χ2n) is 17.7. The number of sulfonamides is 1. The first-order valence-electron chi connectivity index (χ1n) is 22.7. The van der Waals surface area contributed by atoms with E-state index >= 15 is 0 Å². The van der Waals surface area contributed by atoms with Crippen molar-refractivity contribution in [2.45, 2.75) is 88.4 Å². The second kappa shape index (κ2) is 18.9. The highest BCUT2D eigenvalue weighted by molar-refractivity contribution is 7.89. The standard InChI is InChI=1S/C44H51F2N11O10S/c1-52-35(58)13-12-33(43(52)62)57-42(61)29-6-3-7-31(36(29)44(57)63)47-15-4-17-66-18-5-19-68(64,65)53(2)41(60)25-8-10-26(11-9-25)56-23-32(37(51-56)38(45)46)49-40(59)30-21-48-55-16-14-34(50-39(30)55)54-22-28-20-27(54)24-67-28/h3,6-7,14,16,21,23,25-28,33,38,47H,4-5,8-13,15,17-20,22,24H2,1-2H3,(H,49,59)/t25-,26-,27-,28?,33?/m1/s1. The van der Waals surface area contributed by atoms with E-state index in [1.807, 2.05) is 6.07 Å². The lowest BCUT2D eigenvalue weighted by molar-refractivity contribution is -0.149. The maximum absolute atomic E-state index is 14.3. The molecule has 4 aromatic rings. The third-order valence-electron chi connectivity index (χ3n) is 13.5. The average molecular weight is 964 g/mol. The van der Waals surface area contributed by atoms with Crippen molar-refractivity contribution in [1.82, 2.24) is 38.5 Å². The molecule has 68 heavy (non-hydrogen) atoms. The Morgan fingerprint density at radius 3 is 2.51 bits per heavy atom. The lowest BCUT2D eigenvalue weighted by atomic mass is 9.85. The van der Waals surface area contributed by atoms with Gasteiger partial charge in [-0.1, -0.05) is 6.07 Å². The number of alkyl halides is 2. The van der Waals surface area contributed by atoms with Gasteiger partial charge in [-0.25, -0.2) is 31.0 Å². The quantitative estimate of drug-likeness (QED) is 0.114. The predicted molar refractivity (Wildman–Crippen MR) is 237 cm³/mol. The van der Waals surface area contributed by atoms with Crippen molar-refractivity contribution < 1.29 is 55.4 Å². The van der Waals surface area contributed by atoms with E-state index < -0.39 is 63.6 Å². The first-order valence-corrected chi connectivity index (χ1v) is 24.3. The molecule has 1 aliphatic carbocycles. The van der Waals surface area contributed by atoms with Gasteiger partial charge in [0.05, 0.1) is 53.6 Å². The van der Waals surface area contributed by atoms with Crippen LogP contribution in [0, 0.1) is 5.92 Å². The van der Waals surface area contributed by atoms with Crippen molar-refractivity contribution >= 4 is 68.3 Å². The number of nitrogens with one attached hydrogen (secondary N) is 2. The Hall–Kier alpha value is -6.40. The number of piperidine rings is 1. The van der Waals surface area contributed by atoms with E-state index in [9.17, 15) is 46.0 Å². The van der Waals surface area contributed by atoms with Gasteiger partial charge in [-0.3, -0.25) is 43.2 Å². The molecule has 362 valence electrons. The van der Waals surface area contributed by atoms with E-state index in [0.29, 0.717) is 63.3 Å². The fraction of sp³-hybridized carbons (Fsp3) is 0.523. The number of fused-ring (bicyclic) bond motifs is 4. The number of ether oxygens (including phenoxy) is 2. The van der Waals surface area contributed by atoms with Crippen LogP contribution in [0.15, 0.2) is 42.9 Å². The zero-order valence-corrected chi connectivity index (χ0v) is 38.2. The van der Waals surface area contributed by atoms with Gasteiger partial charge in [-0.2, -0.15) is 10.2 Å². The fourth-order valence-corrected chi connectivity index (χ4v) is 10.9. The van der Waals surface area contributed by atoms with Crippen LogP contribution in [0.2, 0.25) is 0 Å². The normalized spacial score (nSPS) is 22.8. The summed E-state index contributed by atoms with van der Waals surface area (Å²) in [5.41, 5.74) is 0.317. The number of rotatable bonds is 17. The monoisotopic (exact) mass is 963 g/mol. The molecule has 6 amide bonds. The van der Waals surface area contributed by atoms with Crippen LogP contribution in [0.1, 0.15) is 107 Å². The van der Waals surface area contributed by atoms with Gasteiger partial charge in [0.25, 0.3) is 30.1 Å². The molecular formula is C44H51F2N11O10S. The Balaban J connectivity index is 0.711. The van der Waals surface area contributed by atoms with E-state index in [1.165, 1.54) is 41.8 Å². The van der Waals surface area contributed by atoms with Crippen LogP contribution in [0.5, 0.6) is 0 Å². The number of carbonyl (C=O) groups excluding carboxylic acids is 6. The molecule has 9 rings (SSSR count). The summed E-state index contributed by atoms with van der Waals surface area (Å²) in [6.45, 7) is 1.97. The number of morpholine rings is 1. The van der Waals surface area contributed by atoms with Crippen molar-refractivity contribution in [3.05, 3.63) is 65.2 Å². The molecule has 2 N–H and O–H groups in total. The molecule has 2 bridgehead atoms. The number of nitrogens with zero attached hydrogens (tertiary/aromatic N) is 9. The molecule has 3 saturated heterocycles. The Labute approximate surface area is 389 Å². The van der Waals surface area contributed by atoms with Crippen LogP contribution in [0.4, 0.5) is 26.0 Å². The number of hydrogen-bond donors (Lipinski definition) is 2. The van der Waals surface area contributed by atoms with Crippen LogP contribution in [0.3, 0.4) is 0 Å². The Morgan fingerprint density at radius 2 is 1.78 bits per heavy atom. The van der Waals surface area contributed by atoms with Crippen molar-refractivity contribution in [2.75, 3.05) is 68.3 Å². The highest BCUT2D eigenvalue weighted by Crippen LogP contribution is 2.37. The second-order valence-corrected chi connectivity index (χ2v) is 19.8. The largest absolute Gasteiger partial charge is 0.384 e. The third-order valence-corrected chi connectivity index (χ3v) is 15.3. The minimum absolute atomic E-state index is 0.0372. The lowest BCUT2D eigenvalue weighted by Gasteiger charge is -2.32. The van der Waals surface area contributed by atoms with Crippen molar-refractivity contribution in [1.29, 1.82) is 0 Å². The molecule has 2 unspecified atom stereocenters. The maximum atomic E-state index is 14.3. The summed E-state index contributed by atoms with van der Waals surface area (Å²) in [6, 6.07) is 5.34. The van der Waals surface area contributed by atoms with Crippen LogP contribution in [-0.4, -0.2) is 153 Å². The molecule has 0 radical (unpaired) electrons. The van der Waals surface area contributed by atoms with E-state index in [1.54, 1.807) is 18.3 Å². The number of likely N-dealkylation sites (tertiary alicyclic amines) is 1. The zero-order chi connectivity index (χ0) is 48.0. The molecule has 5 aliphatic rings. The number of anilines is 3. The molecule has 3 atom stereocenters. The number of hydrogen-bond acceptors (Lipinski definition) is 15. The first kappa shape index (κ1) is 46.7. The summed E-state index contributed by atoms with van der Waals surface area (Å²) in [5, 5.41) is 14.1. The summed E-state index contributed by atoms with van der Waals surface area (Å²) in [5.74, 6) is -3.71. The van der Waals surface area contributed by atoms with E-state index in [0.717, 1.165) is 20.5 Å². The molecule has 24 heteroatoms. The van der Waals surface area contributed by atoms with Crippen molar-refractivity contribution in [2.24, 2.45) is 5.92 Å². The van der Waals surface area contributed by atoms with E-state index in [-0.39, 0.29) is 90.3 Å². The van der Waals surface area contributed by atoms with Gasteiger partial charge in [-0.15, -0.1) is 0 Å². The molecule has 4 fully saturated rings. The number of carbonyl (C=O) groups is 6. The van der Waals surface area contributed by atoms with Crippen molar-refractivity contribution in [3.63, 3.8) is 0 Å². The lowest BCUT2D eigenvalue weighted by Crippen LogP contribution is -2.54. The highest BCUT2D eigenvalue weighted by Gasteiger charge is 2.47. The Morgan fingerprint density at radius 1 is 1.00 bits per heavy atom. The SMILES string of the molecule is CN1C(=O)CCC(N2C(=O)c3cccc(NCCCOCCCS(=O)(=O)N(C)C(=O)[C@H]4CC[C@H](n5cc(NC(=O)c6cnn7ccc(N8CC9C[C@@H]8CO9)nc67)c(C(F)F)n5)CC4)c3C2=O)C1=O. The van der Waals surface area contributed by atoms with Gasteiger partial charge in [0, 0.05) is 70.8 Å². The molecule has 0 spiro atoms. The molecular weight excluding hydrogens is 913 g/mol. The van der Waals surface area contributed by atoms with Crippen molar-refractivity contribution in [3.8, 4) is 0 Å². The predicted octanol–water partition coefficient (Wildman–Crippen LogP) is 3.27. The van der Waals surface area contributed by atoms with Crippen LogP contribution in [-0.2, 0) is 33.9 Å². The molecule has 4 aliphatic heterocycles.